The molecule has 34 heavy (non-hydrogen) atoms. The van der Waals surface area contributed by atoms with Crippen LogP contribution >= 0.6 is 0 Å². The summed E-state index contributed by atoms with van der Waals surface area (Å²) in [5.41, 5.74) is 3.89. The zero-order chi connectivity index (χ0) is 24.2. The van der Waals surface area contributed by atoms with Gasteiger partial charge in [-0.2, -0.15) is 0 Å². The second kappa shape index (κ2) is 13.1. The molecule has 0 saturated carbocycles. The maximum atomic E-state index is 12.8. The third-order valence-electron chi connectivity index (χ3n) is 5.40. The number of benzene rings is 3. The second-order valence-corrected chi connectivity index (χ2v) is 8.28. The van der Waals surface area contributed by atoms with E-state index in [0.29, 0.717) is 23.4 Å². The number of carboxylic acids is 1. The van der Waals surface area contributed by atoms with E-state index in [1.165, 1.54) is 5.56 Å². The van der Waals surface area contributed by atoms with Crippen molar-refractivity contribution in [3.8, 4) is 0 Å². The Labute approximate surface area is 200 Å². The van der Waals surface area contributed by atoms with Crippen molar-refractivity contribution in [2.75, 3.05) is 18.4 Å². The average Bonchev–Trinajstić information content (AvgIpc) is 2.84. The van der Waals surface area contributed by atoms with Gasteiger partial charge in [0.2, 0.25) is 5.91 Å². The first-order chi connectivity index (χ1) is 16.5. The largest absolute Gasteiger partial charge is 0.480 e. The predicted octanol–water partition coefficient (Wildman–Crippen LogP) is 4.75. The monoisotopic (exact) mass is 457 g/mol. The number of nitrogens with zero attached hydrogens (tertiary/aromatic N) is 1. The van der Waals surface area contributed by atoms with Gasteiger partial charge in [-0.05, 0) is 30.5 Å². The predicted molar refractivity (Wildman–Crippen MR) is 136 cm³/mol. The smallest absolute Gasteiger partial charge is 0.325 e. The maximum absolute atomic E-state index is 12.8. The molecule has 0 bridgehead atoms. The van der Waals surface area contributed by atoms with E-state index < -0.39 is 5.97 Å². The molecule has 0 unspecified atom stereocenters. The van der Waals surface area contributed by atoms with Crippen molar-refractivity contribution in [1.29, 1.82) is 0 Å². The van der Waals surface area contributed by atoms with Gasteiger partial charge in [-0.1, -0.05) is 85.8 Å². The van der Waals surface area contributed by atoms with Crippen molar-refractivity contribution in [3.63, 3.8) is 0 Å². The van der Waals surface area contributed by atoms with Gasteiger partial charge in [-0.15, -0.1) is 0 Å². The first-order valence-electron chi connectivity index (χ1n) is 11.5. The molecule has 6 heteroatoms. The molecular weight excluding hydrogens is 426 g/mol. The van der Waals surface area contributed by atoms with E-state index in [1.807, 2.05) is 72.8 Å². The first-order valence-corrected chi connectivity index (χ1v) is 11.5. The number of hydrogen-bond acceptors (Lipinski definition) is 4. The lowest BCUT2D eigenvalue weighted by atomic mass is 9.99. The van der Waals surface area contributed by atoms with E-state index in [9.17, 15) is 9.59 Å². The van der Waals surface area contributed by atoms with Crippen LogP contribution in [0.2, 0.25) is 0 Å². The number of hydrogen-bond donors (Lipinski definition) is 3. The summed E-state index contributed by atoms with van der Waals surface area (Å²) in [6.45, 7) is 3.37. The number of carbonyl (C=O) groups excluding carboxylic acids is 1. The van der Waals surface area contributed by atoms with E-state index >= 15 is 0 Å². The maximum Gasteiger partial charge on any atom is 0.325 e. The minimum Gasteiger partial charge on any atom is -0.480 e. The van der Waals surface area contributed by atoms with Gasteiger partial charge in [0, 0.05) is 24.1 Å². The van der Waals surface area contributed by atoms with Crippen molar-refractivity contribution in [3.05, 3.63) is 102 Å². The van der Waals surface area contributed by atoms with Crippen LogP contribution in [0, 0.1) is 5.92 Å². The Morgan fingerprint density at radius 1 is 0.912 bits per heavy atom. The molecule has 0 aliphatic heterocycles. The molecule has 0 saturated heterocycles. The van der Waals surface area contributed by atoms with E-state index in [1.54, 1.807) is 0 Å². The molecule has 0 heterocycles. The van der Waals surface area contributed by atoms with Gasteiger partial charge in [0.25, 0.3) is 0 Å². The highest BCUT2D eigenvalue weighted by atomic mass is 16.4. The lowest BCUT2D eigenvalue weighted by Crippen LogP contribution is -2.21. The molecule has 0 radical (unpaired) electrons. The SMILES string of the molecule is C[C@@H](CCNCc1ccccc1)CC(=O)Nc1ccccc1C(=NCC(=O)O)c1ccccc1. The highest BCUT2D eigenvalue weighted by Crippen LogP contribution is 2.21. The van der Waals surface area contributed by atoms with Crippen LogP contribution in [0.4, 0.5) is 5.69 Å². The zero-order valence-electron chi connectivity index (χ0n) is 19.4. The Balaban J connectivity index is 1.61. The molecule has 0 spiro atoms. The van der Waals surface area contributed by atoms with Crippen molar-refractivity contribution >= 4 is 23.3 Å². The number of nitrogens with one attached hydrogen (secondary N) is 2. The van der Waals surface area contributed by atoms with Gasteiger partial charge in [-0.3, -0.25) is 14.6 Å². The van der Waals surface area contributed by atoms with Gasteiger partial charge in [0.15, 0.2) is 0 Å². The highest BCUT2D eigenvalue weighted by Gasteiger charge is 2.15. The minimum atomic E-state index is -1.01. The van der Waals surface area contributed by atoms with Gasteiger partial charge >= 0.3 is 5.97 Å². The Hall–Kier alpha value is -3.77. The van der Waals surface area contributed by atoms with E-state index in [-0.39, 0.29) is 18.4 Å². The molecule has 3 aromatic carbocycles. The average molecular weight is 458 g/mol. The van der Waals surface area contributed by atoms with E-state index in [0.717, 1.165) is 25.1 Å². The number of rotatable bonds is 12. The second-order valence-electron chi connectivity index (χ2n) is 8.28. The van der Waals surface area contributed by atoms with Crippen molar-refractivity contribution in [1.82, 2.24) is 5.32 Å². The van der Waals surface area contributed by atoms with Crippen LogP contribution in [0.5, 0.6) is 0 Å². The van der Waals surface area contributed by atoms with Crippen LogP contribution in [0.15, 0.2) is 89.9 Å². The van der Waals surface area contributed by atoms with Crippen molar-refractivity contribution in [2.45, 2.75) is 26.3 Å². The molecule has 6 nitrogen and oxygen atoms in total. The van der Waals surface area contributed by atoms with Gasteiger partial charge in [0.05, 0.1) is 11.4 Å². The van der Waals surface area contributed by atoms with Crippen LogP contribution in [0.3, 0.4) is 0 Å². The molecule has 0 aliphatic carbocycles. The third-order valence-corrected chi connectivity index (χ3v) is 5.40. The molecular formula is C28H31N3O3. The molecule has 0 aromatic heterocycles. The number of carboxylic acid groups (broad SMARTS) is 1. The first kappa shape index (κ1) is 24.9. The third kappa shape index (κ3) is 7.98. The van der Waals surface area contributed by atoms with Crippen molar-refractivity contribution in [2.24, 2.45) is 10.9 Å². The molecule has 3 aromatic rings. The van der Waals surface area contributed by atoms with Gasteiger partial charge < -0.3 is 15.7 Å². The Morgan fingerprint density at radius 3 is 2.26 bits per heavy atom. The van der Waals surface area contributed by atoms with Crippen molar-refractivity contribution < 1.29 is 14.7 Å². The lowest BCUT2D eigenvalue weighted by molar-refractivity contribution is -0.135. The lowest BCUT2D eigenvalue weighted by Gasteiger charge is -2.16. The van der Waals surface area contributed by atoms with Crippen LogP contribution in [0.1, 0.15) is 36.5 Å². The Bertz CT molecular complexity index is 1100. The summed E-state index contributed by atoms with van der Waals surface area (Å²) in [6.07, 6.45) is 1.28. The van der Waals surface area contributed by atoms with Gasteiger partial charge in [-0.25, -0.2) is 0 Å². The molecule has 1 atom stereocenters. The molecule has 0 aliphatic rings. The summed E-state index contributed by atoms with van der Waals surface area (Å²) in [4.78, 5) is 28.3. The zero-order valence-corrected chi connectivity index (χ0v) is 19.4. The quantitative estimate of drug-likeness (QED) is 0.270. The molecule has 1 amide bonds. The number of aliphatic imine (C=N–C) groups is 1. The minimum absolute atomic E-state index is 0.0753. The van der Waals surface area contributed by atoms with E-state index in [2.05, 4.69) is 34.7 Å². The topological polar surface area (TPSA) is 90.8 Å². The normalized spacial score (nSPS) is 12.2. The molecule has 0 fully saturated rings. The number of amides is 1. The van der Waals surface area contributed by atoms with E-state index in [4.69, 9.17) is 5.11 Å². The summed E-state index contributed by atoms with van der Waals surface area (Å²) < 4.78 is 0. The highest BCUT2D eigenvalue weighted by molar-refractivity contribution is 6.17. The van der Waals surface area contributed by atoms with Crippen LogP contribution < -0.4 is 10.6 Å². The summed E-state index contributed by atoms with van der Waals surface area (Å²) >= 11 is 0. The standard InChI is InChI=1S/C28H31N3O3/c1-21(16-17-29-19-22-10-4-2-5-11-22)18-26(32)31-25-15-9-8-14-24(25)28(30-20-27(33)34)23-12-6-3-7-13-23/h2-15,21,29H,16-20H2,1H3,(H,31,32)(H,33,34)/t21-/m0/s1. The fraction of sp³-hybridized carbons (Fsp3) is 0.250. The molecule has 3 N–H and O–H groups in total. The fourth-order valence-corrected chi connectivity index (χ4v) is 3.67. The van der Waals surface area contributed by atoms with Crippen LogP contribution in [-0.2, 0) is 16.1 Å². The summed E-state index contributed by atoms with van der Waals surface area (Å²) in [6, 6.07) is 27.0. The Morgan fingerprint density at radius 2 is 1.56 bits per heavy atom. The number of aliphatic carboxylic acids is 1. The Kier molecular flexibility index (Phi) is 9.55. The molecule has 3 rings (SSSR count). The summed E-state index contributed by atoms with van der Waals surface area (Å²) in [5.74, 6) is -0.872. The summed E-state index contributed by atoms with van der Waals surface area (Å²) in [5, 5.41) is 15.6. The number of carbonyl (C=O) groups is 2. The number of para-hydroxylation sites is 1. The fourth-order valence-electron chi connectivity index (χ4n) is 3.67. The van der Waals surface area contributed by atoms with Gasteiger partial charge in [0.1, 0.15) is 6.54 Å². The molecule has 176 valence electrons. The summed E-state index contributed by atoms with van der Waals surface area (Å²) in [7, 11) is 0. The van der Waals surface area contributed by atoms with Crippen LogP contribution in [-0.4, -0.2) is 35.8 Å². The number of anilines is 1. The van der Waals surface area contributed by atoms with Crippen LogP contribution in [0.25, 0.3) is 0 Å².